The second kappa shape index (κ2) is 10.4. The van der Waals surface area contributed by atoms with E-state index in [0.717, 1.165) is 51.1 Å². The number of piperidine rings is 1. The van der Waals surface area contributed by atoms with Gasteiger partial charge in [0.05, 0.1) is 10.5 Å². The predicted molar refractivity (Wildman–Crippen MR) is 116 cm³/mol. The van der Waals surface area contributed by atoms with Crippen molar-refractivity contribution >= 4 is 16.1 Å². The molecule has 1 saturated heterocycles. The SMILES string of the molecule is Cc1c(Oc2ccc(S(C)(=O)=O)cc2F)ncnc1OC1CCN(CC(C)CC=O)CC1. The Bertz CT molecular complexity index is 1060. The second-order valence-corrected chi connectivity index (χ2v) is 10.2. The number of halogens is 1. The minimum atomic E-state index is -3.52. The van der Waals surface area contributed by atoms with Gasteiger partial charge < -0.3 is 19.2 Å². The van der Waals surface area contributed by atoms with E-state index >= 15 is 0 Å². The van der Waals surface area contributed by atoms with Gasteiger partial charge in [-0.3, -0.25) is 0 Å². The Morgan fingerprint density at radius 3 is 2.56 bits per heavy atom. The van der Waals surface area contributed by atoms with Gasteiger partial charge >= 0.3 is 0 Å². The first-order valence-corrected chi connectivity index (χ1v) is 12.4. The zero-order chi connectivity index (χ0) is 23.3. The molecule has 1 aromatic heterocycles. The van der Waals surface area contributed by atoms with Crippen LogP contribution in [0.5, 0.6) is 17.5 Å². The largest absolute Gasteiger partial charge is 0.474 e. The van der Waals surface area contributed by atoms with Crippen LogP contribution in [0.25, 0.3) is 0 Å². The number of likely N-dealkylation sites (tertiary alicyclic amines) is 1. The summed E-state index contributed by atoms with van der Waals surface area (Å²) in [4.78, 5) is 21.1. The second-order valence-electron chi connectivity index (χ2n) is 8.20. The van der Waals surface area contributed by atoms with Gasteiger partial charge in [-0.2, -0.15) is 0 Å². The van der Waals surface area contributed by atoms with Gasteiger partial charge in [-0.1, -0.05) is 6.92 Å². The average Bonchev–Trinajstić information content (AvgIpc) is 2.73. The average molecular weight is 466 g/mol. The molecule has 0 saturated carbocycles. The molecule has 0 aliphatic carbocycles. The number of carbonyl (C=O) groups excluding carboxylic acids is 1. The highest BCUT2D eigenvalue weighted by atomic mass is 32.2. The van der Waals surface area contributed by atoms with Crippen LogP contribution in [-0.2, 0) is 14.6 Å². The molecule has 0 bridgehead atoms. The van der Waals surface area contributed by atoms with Gasteiger partial charge in [0.25, 0.3) is 0 Å². The molecule has 1 atom stereocenters. The maximum atomic E-state index is 14.4. The first-order valence-electron chi connectivity index (χ1n) is 10.5. The molecule has 1 unspecified atom stereocenters. The Hall–Kier alpha value is -2.59. The lowest BCUT2D eigenvalue weighted by molar-refractivity contribution is -0.108. The summed E-state index contributed by atoms with van der Waals surface area (Å²) in [5.74, 6) is -0.0924. The Morgan fingerprint density at radius 2 is 1.94 bits per heavy atom. The summed E-state index contributed by atoms with van der Waals surface area (Å²) in [5, 5.41) is 0. The van der Waals surface area contributed by atoms with Crippen molar-refractivity contribution < 1.29 is 27.1 Å². The predicted octanol–water partition coefficient (Wildman–Crippen LogP) is 3.19. The highest BCUT2D eigenvalue weighted by Crippen LogP contribution is 2.31. The minimum Gasteiger partial charge on any atom is -0.474 e. The fourth-order valence-corrected chi connectivity index (χ4v) is 4.22. The summed E-state index contributed by atoms with van der Waals surface area (Å²) in [7, 11) is -3.52. The summed E-state index contributed by atoms with van der Waals surface area (Å²) in [6.45, 7) is 6.43. The molecule has 2 aromatic rings. The Labute approximate surface area is 187 Å². The van der Waals surface area contributed by atoms with Crippen LogP contribution in [-0.4, -0.2) is 61.6 Å². The number of hydrogen-bond acceptors (Lipinski definition) is 8. The fraction of sp³-hybridized carbons (Fsp3) is 0.500. The van der Waals surface area contributed by atoms with Gasteiger partial charge in [-0.05, 0) is 43.9 Å². The lowest BCUT2D eigenvalue weighted by Crippen LogP contribution is -2.40. The maximum absolute atomic E-state index is 14.4. The van der Waals surface area contributed by atoms with E-state index < -0.39 is 15.7 Å². The highest BCUT2D eigenvalue weighted by molar-refractivity contribution is 7.90. The van der Waals surface area contributed by atoms with Gasteiger partial charge in [-0.15, -0.1) is 0 Å². The van der Waals surface area contributed by atoms with Gasteiger partial charge in [0, 0.05) is 32.3 Å². The smallest absolute Gasteiger partial charge is 0.229 e. The van der Waals surface area contributed by atoms with Gasteiger partial charge in [0.1, 0.15) is 18.7 Å². The summed E-state index contributed by atoms with van der Waals surface area (Å²) < 4.78 is 49.2. The minimum absolute atomic E-state index is 0.0140. The number of sulfone groups is 1. The van der Waals surface area contributed by atoms with Crippen LogP contribution in [0.4, 0.5) is 4.39 Å². The van der Waals surface area contributed by atoms with Crippen LogP contribution in [0.3, 0.4) is 0 Å². The molecule has 1 aliphatic heterocycles. The monoisotopic (exact) mass is 465 g/mol. The first kappa shape index (κ1) is 24.1. The Kier molecular flexibility index (Phi) is 7.78. The number of benzene rings is 1. The molecule has 8 nitrogen and oxygen atoms in total. The summed E-state index contributed by atoms with van der Waals surface area (Å²) in [6.07, 6.45) is 5.47. The summed E-state index contributed by atoms with van der Waals surface area (Å²) in [6, 6.07) is 3.46. The van der Waals surface area contributed by atoms with Crippen molar-refractivity contribution in [1.29, 1.82) is 0 Å². The lowest BCUT2D eigenvalue weighted by atomic mass is 10.0. The summed E-state index contributed by atoms with van der Waals surface area (Å²) >= 11 is 0. The van der Waals surface area contributed by atoms with Crippen molar-refractivity contribution in [1.82, 2.24) is 14.9 Å². The van der Waals surface area contributed by atoms with Crippen LogP contribution in [0.2, 0.25) is 0 Å². The number of nitrogens with zero attached hydrogens (tertiary/aromatic N) is 3. The van der Waals surface area contributed by atoms with Crippen LogP contribution < -0.4 is 9.47 Å². The zero-order valence-electron chi connectivity index (χ0n) is 18.5. The number of rotatable bonds is 9. The van der Waals surface area contributed by atoms with Crippen LogP contribution in [0.15, 0.2) is 29.4 Å². The van der Waals surface area contributed by atoms with Crippen molar-refractivity contribution in [2.24, 2.45) is 5.92 Å². The number of aldehydes is 1. The molecule has 174 valence electrons. The number of aromatic nitrogens is 2. The fourth-order valence-electron chi connectivity index (χ4n) is 3.59. The molecule has 0 amide bonds. The maximum Gasteiger partial charge on any atom is 0.229 e. The molecule has 3 rings (SSSR count). The molecular weight excluding hydrogens is 437 g/mol. The van der Waals surface area contributed by atoms with E-state index in [-0.39, 0.29) is 22.6 Å². The van der Waals surface area contributed by atoms with Crippen LogP contribution in [0, 0.1) is 18.7 Å². The third kappa shape index (κ3) is 6.23. The number of ether oxygens (including phenoxy) is 2. The van der Waals surface area contributed by atoms with Crippen molar-refractivity contribution in [3.05, 3.63) is 35.9 Å². The van der Waals surface area contributed by atoms with Gasteiger partial charge in [0.15, 0.2) is 21.4 Å². The molecule has 1 aromatic carbocycles. The standard InChI is InChI=1S/C22H28FN3O5S/c1-15(8-11-27)13-26-9-6-17(7-10-26)30-21-16(2)22(25-14-24-21)31-20-5-4-18(12-19(20)23)32(3,28)29/h4-5,11-12,14-15,17H,6-10,13H2,1-3H3. The lowest BCUT2D eigenvalue weighted by Gasteiger charge is -2.33. The van der Waals surface area contributed by atoms with Crippen LogP contribution in [0.1, 0.15) is 31.7 Å². The summed E-state index contributed by atoms with van der Waals surface area (Å²) in [5.41, 5.74) is 0.529. The molecule has 1 fully saturated rings. The van der Waals surface area contributed by atoms with Crippen LogP contribution >= 0.6 is 0 Å². The van der Waals surface area contributed by atoms with E-state index in [0.29, 0.717) is 23.8 Å². The van der Waals surface area contributed by atoms with Crippen molar-refractivity contribution in [3.63, 3.8) is 0 Å². The molecular formula is C22H28FN3O5S. The van der Waals surface area contributed by atoms with E-state index in [9.17, 15) is 17.6 Å². The molecule has 0 N–H and O–H groups in total. The number of carbonyl (C=O) groups is 1. The van der Waals surface area contributed by atoms with E-state index in [1.807, 2.05) is 0 Å². The first-order chi connectivity index (χ1) is 15.2. The quantitative estimate of drug-likeness (QED) is 0.521. The third-order valence-corrected chi connectivity index (χ3v) is 6.52. The molecule has 0 radical (unpaired) electrons. The van der Waals surface area contributed by atoms with Crippen molar-refractivity contribution in [2.45, 2.75) is 44.1 Å². The Balaban J connectivity index is 1.64. The molecule has 32 heavy (non-hydrogen) atoms. The van der Waals surface area contributed by atoms with E-state index in [4.69, 9.17) is 9.47 Å². The molecule has 2 heterocycles. The van der Waals surface area contributed by atoms with E-state index in [1.165, 1.54) is 18.5 Å². The normalized spacial score (nSPS) is 16.5. The van der Waals surface area contributed by atoms with E-state index in [2.05, 4.69) is 21.8 Å². The number of hydrogen-bond donors (Lipinski definition) is 0. The van der Waals surface area contributed by atoms with Crippen molar-refractivity contribution in [2.75, 3.05) is 25.9 Å². The van der Waals surface area contributed by atoms with Crippen molar-refractivity contribution in [3.8, 4) is 17.5 Å². The molecule has 10 heteroatoms. The highest BCUT2D eigenvalue weighted by Gasteiger charge is 2.23. The molecule has 0 spiro atoms. The van der Waals surface area contributed by atoms with Gasteiger partial charge in [-0.25, -0.2) is 22.8 Å². The third-order valence-electron chi connectivity index (χ3n) is 5.41. The topological polar surface area (TPSA) is 98.7 Å². The van der Waals surface area contributed by atoms with Gasteiger partial charge in [0.2, 0.25) is 11.8 Å². The van der Waals surface area contributed by atoms with E-state index in [1.54, 1.807) is 6.92 Å². The molecule has 1 aliphatic rings. The Morgan fingerprint density at radius 1 is 1.25 bits per heavy atom. The zero-order valence-corrected chi connectivity index (χ0v) is 19.3.